The van der Waals surface area contributed by atoms with E-state index in [9.17, 15) is 9.90 Å². The van der Waals surface area contributed by atoms with Gasteiger partial charge in [-0.05, 0) is 59.9 Å². The van der Waals surface area contributed by atoms with Gasteiger partial charge in [-0.15, -0.1) is 0 Å². The van der Waals surface area contributed by atoms with Crippen LogP contribution in [0, 0.1) is 13.8 Å². The fourth-order valence-electron chi connectivity index (χ4n) is 3.70. The first-order valence-corrected chi connectivity index (χ1v) is 8.55. The molecular weight excluding hydrogens is 328 g/mol. The van der Waals surface area contributed by atoms with Gasteiger partial charge in [0, 0.05) is 19.2 Å². The third-order valence-electron chi connectivity index (χ3n) is 4.93. The maximum atomic E-state index is 12.7. The number of rotatable bonds is 3. The van der Waals surface area contributed by atoms with E-state index in [1.807, 2.05) is 51.2 Å². The van der Waals surface area contributed by atoms with E-state index in [4.69, 9.17) is 4.52 Å². The van der Waals surface area contributed by atoms with Gasteiger partial charge < -0.3 is 14.5 Å². The number of aromatic nitrogens is 1. The lowest BCUT2D eigenvalue weighted by atomic mass is 9.90. The number of hydrogen-bond donors (Lipinski definition) is 1. The summed E-state index contributed by atoms with van der Waals surface area (Å²) in [5.74, 6) is 0.782. The molecule has 132 valence electrons. The Bertz CT molecular complexity index is 1000. The molecule has 1 aromatic heterocycles. The monoisotopic (exact) mass is 348 g/mol. The lowest BCUT2D eigenvalue weighted by Crippen LogP contribution is -2.17. The van der Waals surface area contributed by atoms with Crippen LogP contribution in [0.25, 0.3) is 22.3 Å². The quantitative estimate of drug-likeness (QED) is 0.784. The van der Waals surface area contributed by atoms with E-state index < -0.39 is 0 Å². The molecule has 2 aromatic carbocycles. The molecule has 5 heteroatoms. The molecule has 5 nitrogen and oxygen atoms in total. The summed E-state index contributed by atoms with van der Waals surface area (Å²) in [5, 5.41) is 13.5. The van der Waals surface area contributed by atoms with Crippen LogP contribution >= 0.6 is 0 Å². The van der Waals surface area contributed by atoms with Crippen LogP contribution in [0.15, 0.2) is 40.9 Å². The van der Waals surface area contributed by atoms with Gasteiger partial charge in [0.1, 0.15) is 5.76 Å². The molecule has 1 N–H and O–H groups in total. The molecule has 1 aliphatic rings. The molecule has 0 fully saturated rings. The smallest absolute Gasteiger partial charge is 0.254 e. The maximum Gasteiger partial charge on any atom is 0.254 e. The van der Waals surface area contributed by atoms with Gasteiger partial charge in [0.2, 0.25) is 0 Å². The highest BCUT2D eigenvalue weighted by Crippen LogP contribution is 2.38. The zero-order valence-electron chi connectivity index (χ0n) is 15.0. The molecule has 0 unspecified atom stereocenters. The standard InChI is InChI=1S/C21H20N2O3/c1-12-19(13(2)26-22-12)16-8-17-10-23(3)21(25)20(17)18(9-16)15-6-4-5-14(7-15)11-24/h4-9,24H,10-11H2,1-3H3. The number of fused-ring (bicyclic) bond motifs is 1. The fraction of sp³-hybridized carbons (Fsp3) is 0.238. The number of carbonyl (C=O) groups excluding carboxylic acids is 1. The van der Waals surface area contributed by atoms with Crippen molar-refractivity contribution in [2.45, 2.75) is 27.0 Å². The first kappa shape index (κ1) is 16.5. The zero-order valence-corrected chi connectivity index (χ0v) is 15.0. The molecule has 0 saturated carbocycles. The molecule has 1 amide bonds. The van der Waals surface area contributed by atoms with Crippen molar-refractivity contribution in [2.24, 2.45) is 0 Å². The van der Waals surface area contributed by atoms with Crippen LogP contribution in [-0.2, 0) is 13.2 Å². The van der Waals surface area contributed by atoms with Crippen molar-refractivity contribution < 1.29 is 14.4 Å². The highest BCUT2D eigenvalue weighted by Gasteiger charge is 2.29. The summed E-state index contributed by atoms with van der Waals surface area (Å²) in [6.07, 6.45) is 0. The summed E-state index contributed by atoms with van der Waals surface area (Å²) in [4.78, 5) is 14.4. The van der Waals surface area contributed by atoms with Crippen molar-refractivity contribution in [3.05, 3.63) is 64.5 Å². The van der Waals surface area contributed by atoms with Gasteiger partial charge in [0.25, 0.3) is 5.91 Å². The summed E-state index contributed by atoms with van der Waals surface area (Å²) in [7, 11) is 1.81. The molecule has 26 heavy (non-hydrogen) atoms. The van der Waals surface area contributed by atoms with Crippen molar-refractivity contribution in [3.8, 4) is 22.3 Å². The Labute approximate surface area is 151 Å². The van der Waals surface area contributed by atoms with E-state index >= 15 is 0 Å². The predicted molar refractivity (Wildman–Crippen MR) is 98.6 cm³/mol. The number of aliphatic hydroxyl groups is 1. The minimum atomic E-state index is -0.0343. The Hall–Kier alpha value is -2.92. The van der Waals surface area contributed by atoms with Crippen molar-refractivity contribution in [3.63, 3.8) is 0 Å². The average Bonchev–Trinajstić information content (AvgIpc) is 3.13. The van der Waals surface area contributed by atoms with Crippen LogP contribution in [-0.4, -0.2) is 28.1 Å². The molecule has 0 radical (unpaired) electrons. The van der Waals surface area contributed by atoms with E-state index in [2.05, 4.69) is 11.2 Å². The Balaban J connectivity index is 1.99. The average molecular weight is 348 g/mol. The molecule has 0 aliphatic carbocycles. The van der Waals surface area contributed by atoms with Gasteiger partial charge in [0.05, 0.1) is 17.9 Å². The van der Waals surface area contributed by atoms with Gasteiger partial charge in [-0.1, -0.05) is 23.4 Å². The number of benzene rings is 2. The highest BCUT2D eigenvalue weighted by molar-refractivity contribution is 6.05. The molecule has 0 atom stereocenters. The van der Waals surface area contributed by atoms with Gasteiger partial charge in [-0.3, -0.25) is 4.79 Å². The number of aliphatic hydroxyl groups excluding tert-OH is 1. The molecule has 3 aromatic rings. The number of nitrogens with zero attached hydrogens (tertiary/aromatic N) is 2. The van der Waals surface area contributed by atoms with Crippen LogP contribution in [0.4, 0.5) is 0 Å². The first-order chi connectivity index (χ1) is 12.5. The summed E-state index contributed by atoms with van der Waals surface area (Å²) in [6.45, 7) is 4.36. The zero-order chi connectivity index (χ0) is 18.4. The summed E-state index contributed by atoms with van der Waals surface area (Å²) >= 11 is 0. The minimum Gasteiger partial charge on any atom is -0.392 e. The first-order valence-electron chi connectivity index (χ1n) is 8.55. The largest absolute Gasteiger partial charge is 0.392 e. The van der Waals surface area contributed by atoms with Gasteiger partial charge in [-0.25, -0.2) is 0 Å². The lowest BCUT2D eigenvalue weighted by Gasteiger charge is -2.12. The van der Waals surface area contributed by atoms with Crippen LogP contribution in [0.5, 0.6) is 0 Å². The summed E-state index contributed by atoms with van der Waals surface area (Å²) in [6, 6.07) is 11.8. The third kappa shape index (κ3) is 2.52. The van der Waals surface area contributed by atoms with Crippen molar-refractivity contribution in [2.75, 3.05) is 7.05 Å². The Kier molecular flexibility index (Phi) is 3.89. The lowest BCUT2D eigenvalue weighted by molar-refractivity contribution is 0.0817. The molecule has 0 spiro atoms. The SMILES string of the molecule is Cc1noc(C)c1-c1cc2c(c(-c3cccc(CO)c3)c1)C(=O)N(C)C2. The second-order valence-electron chi connectivity index (χ2n) is 6.78. The van der Waals surface area contributed by atoms with E-state index in [0.717, 1.165) is 50.4 Å². The maximum absolute atomic E-state index is 12.7. The van der Waals surface area contributed by atoms with Gasteiger partial charge in [-0.2, -0.15) is 0 Å². The van der Waals surface area contributed by atoms with E-state index in [1.54, 1.807) is 4.90 Å². The number of amides is 1. The predicted octanol–water partition coefficient (Wildman–Crippen LogP) is 3.70. The van der Waals surface area contributed by atoms with Gasteiger partial charge in [0.15, 0.2) is 0 Å². The second-order valence-corrected chi connectivity index (χ2v) is 6.78. The Morgan fingerprint density at radius 1 is 1.15 bits per heavy atom. The van der Waals surface area contributed by atoms with Crippen molar-refractivity contribution in [1.29, 1.82) is 0 Å². The molecule has 2 heterocycles. The van der Waals surface area contributed by atoms with Crippen LogP contribution < -0.4 is 0 Å². The summed E-state index contributed by atoms with van der Waals surface area (Å²) in [5.41, 5.74) is 7.14. The number of hydrogen-bond acceptors (Lipinski definition) is 4. The highest BCUT2D eigenvalue weighted by atomic mass is 16.5. The molecule has 4 rings (SSSR count). The Morgan fingerprint density at radius 3 is 2.65 bits per heavy atom. The fourth-order valence-corrected chi connectivity index (χ4v) is 3.70. The molecule has 0 saturated heterocycles. The van der Waals surface area contributed by atoms with E-state index in [1.165, 1.54) is 0 Å². The minimum absolute atomic E-state index is 0.0229. The summed E-state index contributed by atoms with van der Waals surface area (Å²) < 4.78 is 5.33. The van der Waals surface area contributed by atoms with E-state index in [0.29, 0.717) is 6.54 Å². The molecular formula is C21H20N2O3. The second kappa shape index (κ2) is 6.11. The van der Waals surface area contributed by atoms with Crippen LogP contribution in [0.1, 0.15) is 32.9 Å². The van der Waals surface area contributed by atoms with Crippen LogP contribution in [0.2, 0.25) is 0 Å². The topological polar surface area (TPSA) is 66.6 Å². The molecule has 0 bridgehead atoms. The van der Waals surface area contributed by atoms with E-state index in [-0.39, 0.29) is 12.5 Å². The number of aryl methyl sites for hydroxylation is 2. The normalized spacial score (nSPS) is 13.4. The molecule has 1 aliphatic heterocycles. The van der Waals surface area contributed by atoms with Crippen molar-refractivity contribution >= 4 is 5.91 Å². The van der Waals surface area contributed by atoms with Crippen LogP contribution in [0.3, 0.4) is 0 Å². The van der Waals surface area contributed by atoms with Crippen molar-refractivity contribution in [1.82, 2.24) is 10.1 Å². The Morgan fingerprint density at radius 2 is 1.96 bits per heavy atom. The van der Waals surface area contributed by atoms with Gasteiger partial charge >= 0.3 is 0 Å². The third-order valence-corrected chi connectivity index (χ3v) is 4.93. The number of carbonyl (C=O) groups is 1.